The molecule has 1 aromatic rings. The van der Waals surface area contributed by atoms with Crippen molar-refractivity contribution in [3.63, 3.8) is 0 Å². The lowest BCUT2D eigenvalue weighted by molar-refractivity contribution is 0.616. The summed E-state index contributed by atoms with van der Waals surface area (Å²) in [6, 6.07) is 7.90. The van der Waals surface area contributed by atoms with E-state index in [4.69, 9.17) is 18.0 Å². The normalized spacial score (nSPS) is 11.1. The lowest BCUT2D eigenvalue weighted by Crippen LogP contribution is -2.31. The van der Waals surface area contributed by atoms with Crippen LogP contribution in [0.25, 0.3) is 0 Å². The molecule has 0 radical (unpaired) electrons. The van der Waals surface area contributed by atoms with E-state index in [1.165, 1.54) is 5.56 Å². The number of aryl methyl sites for hydroxylation is 1. The number of nitrogens with one attached hydrogen (secondary N) is 1. The van der Waals surface area contributed by atoms with Crippen LogP contribution in [0.5, 0.6) is 0 Å². The van der Waals surface area contributed by atoms with E-state index in [2.05, 4.69) is 10.3 Å². The maximum atomic E-state index is 5.64. The van der Waals surface area contributed by atoms with Crippen molar-refractivity contribution in [2.24, 2.45) is 10.7 Å². The molecule has 0 fully saturated rings. The molecule has 0 heterocycles. The number of benzene rings is 1. The van der Waals surface area contributed by atoms with Crippen LogP contribution in [0.1, 0.15) is 5.56 Å². The molecule has 0 aliphatic heterocycles. The molecule has 86 valence electrons. The Bertz CT molecular complexity index is 395. The molecular weight excluding hydrogens is 220 g/mol. The molecule has 1 rings (SSSR count). The maximum absolute atomic E-state index is 5.64. The molecule has 0 saturated heterocycles. The molecule has 0 unspecified atom stereocenters. The minimum Gasteiger partial charge on any atom is -0.369 e. The van der Waals surface area contributed by atoms with Crippen molar-refractivity contribution in [2.75, 3.05) is 19.4 Å². The first-order chi connectivity index (χ1) is 7.49. The average molecular weight is 236 g/mol. The standard InChI is InChI=1S/C11H16N4S/c1-8-4-6-9(7-5-8)13-11(16)14-10(12)15(2)3/h4-7H,1-3H3,(H3,12,13,14,16). The van der Waals surface area contributed by atoms with Crippen molar-refractivity contribution in [1.82, 2.24) is 4.90 Å². The van der Waals surface area contributed by atoms with Crippen LogP contribution in [0.15, 0.2) is 29.3 Å². The zero-order valence-corrected chi connectivity index (χ0v) is 10.5. The van der Waals surface area contributed by atoms with Gasteiger partial charge in [0.05, 0.1) is 0 Å². The van der Waals surface area contributed by atoms with Gasteiger partial charge in [-0.25, -0.2) is 0 Å². The molecular formula is C11H16N4S. The average Bonchev–Trinajstić information content (AvgIpc) is 2.21. The van der Waals surface area contributed by atoms with Crippen LogP contribution in [0.4, 0.5) is 5.69 Å². The summed E-state index contributed by atoms with van der Waals surface area (Å²) in [5.41, 5.74) is 7.75. The molecule has 5 heteroatoms. The molecule has 4 nitrogen and oxygen atoms in total. The maximum Gasteiger partial charge on any atom is 0.200 e. The topological polar surface area (TPSA) is 53.6 Å². The Morgan fingerprint density at radius 1 is 1.31 bits per heavy atom. The number of anilines is 1. The summed E-state index contributed by atoms with van der Waals surface area (Å²) in [7, 11) is 3.63. The van der Waals surface area contributed by atoms with E-state index in [0.29, 0.717) is 11.1 Å². The molecule has 16 heavy (non-hydrogen) atoms. The van der Waals surface area contributed by atoms with Gasteiger partial charge < -0.3 is 16.0 Å². The molecule has 0 aromatic heterocycles. The number of nitrogens with two attached hydrogens (primary N) is 1. The number of hydrogen-bond acceptors (Lipinski definition) is 1. The van der Waals surface area contributed by atoms with Gasteiger partial charge >= 0.3 is 0 Å². The highest BCUT2D eigenvalue weighted by Crippen LogP contribution is 2.08. The van der Waals surface area contributed by atoms with Gasteiger partial charge in [-0.05, 0) is 31.3 Å². The lowest BCUT2D eigenvalue weighted by atomic mass is 10.2. The molecule has 0 saturated carbocycles. The fraction of sp³-hybridized carbons (Fsp3) is 0.273. The first kappa shape index (κ1) is 12.4. The fourth-order valence-electron chi connectivity index (χ4n) is 0.992. The summed E-state index contributed by atoms with van der Waals surface area (Å²) < 4.78 is 0. The summed E-state index contributed by atoms with van der Waals surface area (Å²) in [5, 5.41) is 3.35. The number of thiocarbonyl (C=S) groups is 1. The fourth-order valence-corrected chi connectivity index (χ4v) is 1.20. The minimum absolute atomic E-state index is 0.357. The number of guanidine groups is 1. The Morgan fingerprint density at radius 2 is 1.88 bits per heavy atom. The van der Waals surface area contributed by atoms with Crippen molar-refractivity contribution >= 4 is 29.0 Å². The quantitative estimate of drug-likeness (QED) is 0.441. The molecule has 0 aliphatic rings. The minimum atomic E-state index is 0.357. The molecule has 0 atom stereocenters. The van der Waals surface area contributed by atoms with Crippen molar-refractivity contribution in [3.8, 4) is 0 Å². The third-order valence-electron chi connectivity index (χ3n) is 1.98. The lowest BCUT2D eigenvalue weighted by Gasteiger charge is -2.11. The van der Waals surface area contributed by atoms with Crippen LogP contribution < -0.4 is 11.1 Å². The second kappa shape index (κ2) is 5.46. The van der Waals surface area contributed by atoms with Gasteiger partial charge in [0.25, 0.3) is 0 Å². The van der Waals surface area contributed by atoms with E-state index >= 15 is 0 Å². The molecule has 0 spiro atoms. The summed E-state index contributed by atoms with van der Waals surface area (Å²) in [5.74, 6) is 0.379. The highest BCUT2D eigenvalue weighted by molar-refractivity contribution is 7.80. The first-order valence-electron chi connectivity index (χ1n) is 4.88. The van der Waals surface area contributed by atoms with Gasteiger partial charge in [0.1, 0.15) is 0 Å². The Morgan fingerprint density at radius 3 is 2.38 bits per heavy atom. The smallest absolute Gasteiger partial charge is 0.200 e. The van der Waals surface area contributed by atoms with Crippen LogP contribution in [0, 0.1) is 6.92 Å². The van der Waals surface area contributed by atoms with E-state index in [1.54, 1.807) is 4.90 Å². The molecule has 1 aromatic carbocycles. The third-order valence-corrected chi connectivity index (χ3v) is 2.17. The zero-order valence-electron chi connectivity index (χ0n) is 9.69. The van der Waals surface area contributed by atoms with E-state index in [-0.39, 0.29) is 0 Å². The van der Waals surface area contributed by atoms with Crippen molar-refractivity contribution in [3.05, 3.63) is 29.8 Å². The van der Waals surface area contributed by atoms with Crippen molar-refractivity contribution in [2.45, 2.75) is 6.92 Å². The second-order valence-corrected chi connectivity index (χ2v) is 4.05. The molecule has 0 bridgehead atoms. The SMILES string of the molecule is Cc1ccc(NC(=S)/N=C(/N)N(C)C)cc1. The second-order valence-electron chi connectivity index (χ2n) is 3.66. The Labute approximate surface area is 101 Å². The predicted octanol–water partition coefficient (Wildman–Crippen LogP) is 1.57. The third kappa shape index (κ3) is 3.86. The van der Waals surface area contributed by atoms with Gasteiger partial charge in [-0.2, -0.15) is 4.99 Å². The summed E-state index contributed by atoms with van der Waals surface area (Å²) in [6.45, 7) is 2.03. The number of aliphatic imine (C=N–C) groups is 1. The van der Waals surface area contributed by atoms with Crippen LogP contribution in [-0.4, -0.2) is 30.1 Å². The van der Waals surface area contributed by atoms with E-state index < -0.39 is 0 Å². The van der Waals surface area contributed by atoms with Gasteiger partial charge in [0.15, 0.2) is 5.96 Å². The zero-order chi connectivity index (χ0) is 12.1. The Hall–Kier alpha value is -1.62. The monoisotopic (exact) mass is 236 g/mol. The molecule has 0 amide bonds. The van der Waals surface area contributed by atoms with Gasteiger partial charge in [0.2, 0.25) is 5.11 Å². The highest BCUT2D eigenvalue weighted by Gasteiger charge is 1.98. The number of rotatable bonds is 1. The van der Waals surface area contributed by atoms with E-state index in [0.717, 1.165) is 5.69 Å². The first-order valence-corrected chi connectivity index (χ1v) is 5.29. The van der Waals surface area contributed by atoms with Crippen molar-refractivity contribution in [1.29, 1.82) is 0 Å². The van der Waals surface area contributed by atoms with E-state index in [1.807, 2.05) is 45.3 Å². The van der Waals surface area contributed by atoms with Gasteiger partial charge in [0, 0.05) is 19.8 Å². The number of nitrogens with zero attached hydrogens (tertiary/aromatic N) is 2. The Balaban J connectivity index is 2.65. The molecule has 3 N–H and O–H groups in total. The van der Waals surface area contributed by atoms with Gasteiger partial charge in [-0.1, -0.05) is 17.7 Å². The summed E-state index contributed by atoms with van der Waals surface area (Å²) in [6.07, 6.45) is 0. The van der Waals surface area contributed by atoms with Crippen LogP contribution in [0.2, 0.25) is 0 Å². The highest BCUT2D eigenvalue weighted by atomic mass is 32.1. The van der Waals surface area contributed by atoms with Gasteiger partial charge in [-0.15, -0.1) is 0 Å². The van der Waals surface area contributed by atoms with Crippen LogP contribution in [0.3, 0.4) is 0 Å². The van der Waals surface area contributed by atoms with E-state index in [9.17, 15) is 0 Å². The molecule has 0 aliphatic carbocycles. The Kier molecular flexibility index (Phi) is 4.25. The van der Waals surface area contributed by atoms with Gasteiger partial charge in [-0.3, -0.25) is 0 Å². The largest absolute Gasteiger partial charge is 0.369 e. The summed E-state index contributed by atoms with van der Waals surface area (Å²) in [4.78, 5) is 5.73. The van der Waals surface area contributed by atoms with Crippen LogP contribution in [-0.2, 0) is 0 Å². The van der Waals surface area contributed by atoms with Crippen molar-refractivity contribution < 1.29 is 0 Å². The van der Waals surface area contributed by atoms with Crippen LogP contribution >= 0.6 is 12.2 Å². The summed E-state index contributed by atoms with van der Waals surface area (Å²) >= 11 is 5.06. The number of hydrogen-bond donors (Lipinski definition) is 2. The predicted molar refractivity (Wildman–Crippen MR) is 72.7 cm³/mol.